The van der Waals surface area contributed by atoms with E-state index < -0.39 is 0 Å². The summed E-state index contributed by atoms with van der Waals surface area (Å²) >= 11 is 0. The second-order valence-corrected chi connectivity index (χ2v) is 4.96. The highest BCUT2D eigenvalue weighted by Crippen LogP contribution is 2.12. The lowest BCUT2D eigenvalue weighted by Gasteiger charge is -2.11. The van der Waals surface area contributed by atoms with Crippen LogP contribution in [0.15, 0.2) is 24.3 Å². The molecule has 1 fully saturated rings. The third kappa shape index (κ3) is 4.84. The van der Waals surface area contributed by atoms with Gasteiger partial charge in [0.1, 0.15) is 0 Å². The molecule has 1 atom stereocenters. The van der Waals surface area contributed by atoms with E-state index in [0.717, 1.165) is 25.9 Å². The Balaban J connectivity index is 0.00000180. The first-order valence-corrected chi connectivity index (χ1v) is 6.83. The van der Waals surface area contributed by atoms with Crippen LogP contribution >= 0.6 is 12.4 Å². The highest BCUT2D eigenvalue weighted by molar-refractivity contribution is 5.85. The van der Waals surface area contributed by atoms with Crippen LogP contribution in [0.1, 0.15) is 30.9 Å². The van der Waals surface area contributed by atoms with Gasteiger partial charge in [0.25, 0.3) is 0 Å². The molecule has 2 N–H and O–H groups in total. The number of rotatable bonds is 5. The second kappa shape index (κ2) is 8.18. The van der Waals surface area contributed by atoms with Gasteiger partial charge in [0, 0.05) is 13.0 Å². The maximum atomic E-state index is 11.8. The molecule has 0 radical (unpaired) electrons. The molecule has 0 bridgehead atoms. The van der Waals surface area contributed by atoms with Crippen molar-refractivity contribution in [2.75, 3.05) is 13.1 Å². The summed E-state index contributed by atoms with van der Waals surface area (Å²) in [6.45, 7) is 4.84. The van der Waals surface area contributed by atoms with Crippen LogP contribution in [0, 0.1) is 5.92 Å². The molecule has 1 saturated heterocycles. The number of carbonyl (C=O) groups excluding carboxylic acids is 1. The molecule has 106 valence electrons. The lowest BCUT2D eigenvalue weighted by molar-refractivity contribution is -0.122. The average molecular weight is 283 g/mol. The highest BCUT2D eigenvalue weighted by atomic mass is 35.5. The van der Waals surface area contributed by atoms with Crippen molar-refractivity contribution in [1.82, 2.24) is 10.6 Å². The maximum absolute atomic E-state index is 11.8. The predicted molar refractivity (Wildman–Crippen MR) is 80.5 cm³/mol. The molecule has 1 aromatic rings. The van der Waals surface area contributed by atoms with E-state index in [-0.39, 0.29) is 18.3 Å². The highest BCUT2D eigenvalue weighted by Gasteiger charge is 2.17. The molecule has 1 unspecified atom stereocenters. The fraction of sp³-hybridized carbons (Fsp3) is 0.533. The minimum atomic E-state index is 0. The summed E-state index contributed by atoms with van der Waals surface area (Å²) in [7, 11) is 0. The molecular weight excluding hydrogens is 260 g/mol. The molecule has 19 heavy (non-hydrogen) atoms. The summed E-state index contributed by atoms with van der Waals surface area (Å²) in [6, 6.07) is 8.30. The van der Waals surface area contributed by atoms with Gasteiger partial charge in [-0.1, -0.05) is 31.2 Å². The number of benzene rings is 1. The van der Waals surface area contributed by atoms with Crippen LogP contribution in [0.3, 0.4) is 0 Å². The van der Waals surface area contributed by atoms with E-state index in [9.17, 15) is 4.79 Å². The van der Waals surface area contributed by atoms with Gasteiger partial charge >= 0.3 is 0 Å². The zero-order valence-corrected chi connectivity index (χ0v) is 12.3. The van der Waals surface area contributed by atoms with Crippen molar-refractivity contribution in [2.45, 2.75) is 32.7 Å². The first kappa shape index (κ1) is 16.0. The molecule has 1 aromatic carbocycles. The third-order valence-corrected chi connectivity index (χ3v) is 3.61. The number of hydrogen-bond donors (Lipinski definition) is 2. The van der Waals surface area contributed by atoms with E-state index in [1.54, 1.807) is 0 Å². The van der Waals surface area contributed by atoms with Crippen molar-refractivity contribution in [3.8, 4) is 0 Å². The molecule has 0 aromatic heterocycles. The number of hydrogen-bond acceptors (Lipinski definition) is 2. The summed E-state index contributed by atoms with van der Waals surface area (Å²) < 4.78 is 0. The van der Waals surface area contributed by atoms with E-state index in [1.165, 1.54) is 11.1 Å². The van der Waals surface area contributed by atoms with Gasteiger partial charge in [-0.05, 0) is 43.0 Å². The van der Waals surface area contributed by atoms with Gasteiger partial charge in [0.15, 0.2) is 0 Å². The summed E-state index contributed by atoms with van der Waals surface area (Å²) in [6.07, 6.45) is 2.79. The quantitative estimate of drug-likeness (QED) is 0.870. The van der Waals surface area contributed by atoms with E-state index in [2.05, 4.69) is 29.7 Å². The summed E-state index contributed by atoms with van der Waals surface area (Å²) in [5, 5.41) is 6.32. The van der Waals surface area contributed by atoms with Crippen molar-refractivity contribution in [2.24, 2.45) is 5.92 Å². The molecule has 4 heteroatoms. The van der Waals surface area contributed by atoms with Gasteiger partial charge in [-0.3, -0.25) is 4.79 Å². The van der Waals surface area contributed by atoms with Crippen LogP contribution in [0.2, 0.25) is 0 Å². The van der Waals surface area contributed by atoms with Gasteiger partial charge in [0.05, 0.1) is 0 Å². The molecule has 0 saturated carbocycles. The Morgan fingerprint density at radius 1 is 1.37 bits per heavy atom. The zero-order valence-electron chi connectivity index (χ0n) is 11.4. The van der Waals surface area contributed by atoms with Crippen LogP contribution in [-0.2, 0) is 17.8 Å². The Morgan fingerprint density at radius 3 is 2.74 bits per heavy atom. The topological polar surface area (TPSA) is 41.1 Å². The molecule has 2 rings (SSSR count). The minimum absolute atomic E-state index is 0. The molecule has 0 spiro atoms. The molecule has 1 amide bonds. The standard InChI is InChI=1S/C15H22N2O.ClH/c1-2-13-5-3-4-6-14(13)11-17-15(18)9-12-7-8-16-10-12;/h3-6,12,16H,2,7-11H2,1H3,(H,17,18);1H. The fourth-order valence-corrected chi connectivity index (χ4v) is 2.49. The summed E-state index contributed by atoms with van der Waals surface area (Å²) in [5.74, 6) is 0.695. The number of carbonyl (C=O) groups is 1. The predicted octanol–water partition coefficient (Wildman–Crippen LogP) is 2.29. The first-order valence-electron chi connectivity index (χ1n) is 6.83. The molecular formula is C15H23ClN2O. The Bertz CT molecular complexity index is 403. The van der Waals surface area contributed by atoms with Crippen LogP contribution in [0.5, 0.6) is 0 Å². The number of halogens is 1. The second-order valence-electron chi connectivity index (χ2n) is 4.96. The molecule has 0 aliphatic carbocycles. The van der Waals surface area contributed by atoms with Crippen LogP contribution < -0.4 is 10.6 Å². The van der Waals surface area contributed by atoms with Gasteiger partial charge in [-0.25, -0.2) is 0 Å². The number of amides is 1. The van der Waals surface area contributed by atoms with Crippen molar-refractivity contribution in [1.29, 1.82) is 0 Å². The maximum Gasteiger partial charge on any atom is 0.220 e. The lowest BCUT2D eigenvalue weighted by Crippen LogP contribution is -2.26. The average Bonchev–Trinajstić information content (AvgIpc) is 2.89. The van der Waals surface area contributed by atoms with E-state index >= 15 is 0 Å². The number of nitrogens with one attached hydrogen (secondary N) is 2. The van der Waals surface area contributed by atoms with E-state index in [0.29, 0.717) is 18.9 Å². The Hall–Kier alpha value is -1.06. The van der Waals surface area contributed by atoms with Crippen molar-refractivity contribution >= 4 is 18.3 Å². The molecule has 3 nitrogen and oxygen atoms in total. The zero-order chi connectivity index (χ0) is 12.8. The van der Waals surface area contributed by atoms with Gasteiger partial charge < -0.3 is 10.6 Å². The molecule has 1 aliphatic heterocycles. The SMILES string of the molecule is CCc1ccccc1CNC(=O)CC1CCNC1.Cl. The van der Waals surface area contributed by atoms with Gasteiger partial charge in [0.2, 0.25) is 5.91 Å². The Labute approximate surface area is 121 Å². The summed E-state index contributed by atoms with van der Waals surface area (Å²) in [5.41, 5.74) is 2.55. The Kier molecular flexibility index (Phi) is 6.89. The van der Waals surface area contributed by atoms with Crippen molar-refractivity contribution < 1.29 is 4.79 Å². The first-order chi connectivity index (χ1) is 8.79. The van der Waals surface area contributed by atoms with E-state index in [1.807, 2.05) is 12.1 Å². The third-order valence-electron chi connectivity index (χ3n) is 3.61. The lowest BCUT2D eigenvalue weighted by atomic mass is 10.0. The monoisotopic (exact) mass is 282 g/mol. The van der Waals surface area contributed by atoms with Crippen LogP contribution in [0.4, 0.5) is 0 Å². The smallest absolute Gasteiger partial charge is 0.220 e. The fourth-order valence-electron chi connectivity index (χ4n) is 2.49. The van der Waals surface area contributed by atoms with Crippen molar-refractivity contribution in [3.05, 3.63) is 35.4 Å². The van der Waals surface area contributed by atoms with Crippen LogP contribution in [-0.4, -0.2) is 19.0 Å². The Morgan fingerprint density at radius 2 is 2.11 bits per heavy atom. The summed E-state index contributed by atoms with van der Waals surface area (Å²) in [4.78, 5) is 11.8. The van der Waals surface area contributed by atoms with Gasteiger partial charge in [-0.2, -0.15) is 0 Å². The van der Waals surface area contributed by atoms with Crippen LogP contribution in [0.25, 0.3) is 0 Å². The van der Waals surface area contributed by atoms with Gasteiger partial charge in [-0.15, -0.1) is 12.4 Å². The normalized spacial score (nSPS) is 17.8. The van der Waals surface area contributed by atoms with E-state index in [4.69, 9.17) is 0 Å². The minimum Gasteiger partial charge on any atom is -0.352 e. The van der Waals surface area contributed by atoms with Crippen molar-refractivity contribution in [3.63, 3.8) is 0 Å². The number of aryl methyl sites for hydroxylation is 1. The molecule has 1 aliphatic rings. The largest absolute Gasteiger partial charge is 0.352 e. The molecule has 1 heterocycles.